The molecule has 0 spiro atoms. The Bertz CT molecular complexity index is 901. The van der Waals surface area contributed by atoms with E-state index in [0.29, 0.717) is 6.42 Å². The summed E-state index contributed by atoms with van der Waals surface area (Å²) in [7, 11) is 3.93. The van der Waals surface area contributed by atoms with Crippen LogP contribution in [0.4, 0.5) is 5.69 Å². The number of hydrazine groups is 1. The molecule has 2 fully saturated rings. The number of ether oxygens (including phenoxy) is 1. The number of rotatable bonds is 5. The van der Waals surface area contributed by atoms with E-state index in [4.69, 9.17) is 4.74 Å². The van der Waals surface area contributed by atoms with Gasteiger partial charge in [-0.05, 0) is 36.6 Å². The summed E-state index contributed by atoms with van der Waals surface area (Å²) in [5.74, 6) is -1.95. The van der Waals surface area contributed by atoms with Crippen molar-refractivity contribution in [2.24, 2.45) is 11.8 Å². The fourth-order valence-electron chi connectivity index (χ4n) is 5.05. The zero-order valence-electron chi connectivity index (χ0n) is 18.2. The lowest BCUT2D eigenvalue weighted by molar-refractivity contribution is -0.168. The second-order valence-corrected chi connectivity index (χ2v) is 9.06. The number of aliphatic hydroxyl groups excluding tert-OH is 1. The van der Waals surface area contributed by atoms with E-state index in [1.807, 2.05) is 73.6 Å². The summed E-state index contributed by atoms with van der Waals surface area (Å²) in [5.41, 5.74) is 7.50. The molecule has 1 saturated heterocycles. The van der Waals surface area contributed by atoms with Gasteiger partial charge in [0.2, 0.25) is 0 Å². The van der Waals surface area contributed by atoms with Gasteiger partial charge in [-0.3, -0.25) is 10.2 Å². The number of nitrogens with one attached hydrogen (secondary N) is 2. The monoisotopic (exact) mass is 425 g/mol. The van der Waals surface area contributed by atoms with Crippen LogP contribution in [-0.2, 0) is 16.1 Å². The smallest absolute Gasteiger partial charge is 0.312 e. The van der Waals surface area contributed by atoms with Gasteiger partial charge in [-0.1, -0.05) is 42.5 Å². The van der Waals surface area contributed by atoms with Crippen LogP contribution in [0, 0.1) is 11.8 Å². The van der Waals surface area contributed by atoms with Crippen LogP contribution >= 0.6 is 0 Å². The number of carbonyl (C=O) groups excluding carboxylic acids is 1. The maximum Gasteiger partial charge on any atom is 0.312 e. The third-order valence-corrected chi connectivity index (χ3v) is 6.60. The Hall–Kier alpha value is -2.45. The van der Waals surface area contributed by atoms with Crippen molar-refractivity contribution in [1.29, 1.82) is 0 Å². The van der Waals surface area contributed by atoms with Gasteiger partial charge in [-0.25, -0.2) is 5.43 Å². The first-order valence-corrected chi connectivity index (χ1v) is 10.7. The van der Waals surface area contributed by atoms with Crippen LogP contribution in [0.5, 0.6) is 0 Å². The highest BCUT2D eigenvalue weighted by molar-refractivity contribution is 5.76. The van der Waals surface area contributed by atoms with Crippen LogP contribution < -0.4 is 15.8 Å². The lowest BCUT2D eigenvalue weighted by Crippen LogP contribution is -2.56. The van der Waals surface area contributed by atoms with Gasteiger partial charge in [0, 0.05) is 37.7 Å². The first-order chi connectivity index (χ1) is 14.8. The summed E-state index contributed by atoms with van der Waals surface area (Å²) in [6, 6.07) is 17.3. The van der Waals surface area contributed by atoms with Crippen LogP contribution in [-0.4, -0.2) is 48.1 Å². The highest BCUT2D eigenvalue weighted by atomic mass is 16.5. The number of hydrogen-bond donors (Lipinski definition) is 4. The molecule has 0 aromatic heterocycles. The van der Waals surface area contributed by atoms with Crippen molar-refractivity contribution in [3.63, 3.8) is 0 Å². The minimum atomic E-state index is -1.29. The van der Waals surface area contributed by atoms with E-state index in [1.165, 1.54) is 0 Å². The zero-order valence-corrected chi connectivity index (χ0v) is 18.2. The van der Waals surface area contributed by atoms with Gasteiger partial charge in [0.25, 0.3) is 0 Å². The molecule has 1 aliphatic heterocycles. The van der Waals surface area contributed by atoms with Gasteiger partial charge < -0.3 is 19.8 Å². The van der Waals surface area contributed by atoms with Gasteiger partial charge in [0.05, 0.1) is 11.5 Å². The van der Waals surface area contributed by atoms with Crippen LogP contribution in [0.1, 0.15) is 30.4 Å². The predicted octanol–water partition coefficient (Wildman–Crippen LogP) is 1.76. The van der Waals surface area contributed by atoms with E-state index in [-0.39, 0.29) is 18.6 Å². The van der Waals surface area contributed by atoms with Gasteiger partial charge in [0.1, 0.15) is 12.8 Å². The molecule has 1 aliphatic carbocycles. The summed E-state index contributed by atoms with van der Waals surface area (Å²) in [6.45, 7) is 1.83. The molecule has 0 amide bonds. The number of nitrogens with zero attached hydrogens (tertiary/aromatic N) is 1. The van der Waals surface area contributed by atoms with Crippen LogP contribution in [0.2, 0.25) is 0 Å². The highest BCUT2D eigenvalue weighted by Crippen LogP contribution is 2.50. The summed E-state index contributed by atoms with van der Waals surface area (Å²) in [4.78, 5) is 15.3. The van der Waals surface area contributed by atoms with Crippen molar-refractivity contribution < 1.29 is 19.7 Å². The number of anilines is 1. The molecule has 7 nitrogen and oxygen atoms in total. The first-order valence-electron chi connectivity index (χ1n) is 10.7. The summed E-state index contributed by atoms with van der Waals surface area (Å²) < 4.78 is 5.67. The number of benzene rings is 2. The van der Waals surface area contributed by atoms with Crippen molar-refractivity contribution >= 4 is 11.7 Å². The molecule has 6 unspecified atom stereocenters. The fraction of sp³-hybridized carbons (Fsp3) is 0.458. The molecule has 31 heavy (non-hydrogen) atoms. The van der Waals surface area contributed by atoms with Gasteiger partial charge in [-0.2, -0.15) is 0 Å². The van der Waals surface area contributed by atoms with Crippen LogP contribution in [0.15, 0.2) is 54.6 Å². The van der Waals surface area contributed by atoms with Crippen LogP contribution in [0.3, 0.4) is 0 Å². The number of aliphatic hydroxyl groups is 2. The quantitative estimate of drug-likeness (QED) is 0.543. The molecule has 2 aromatic carbocycles. The second-order valence-electron chi connectivity index (χ2n) is 9.06. The Labute approximate surface area is 183 Å². The summed E-state index contributed by atoms with van der Waals surface area (Å²) in [6.07, 6.45) is -0.497. The van der Waals surface area contributed by atoms with E-state index in [9.17, 15) is 15.0 Å². The Kier molecular flexibility index (Phi) is 6.03. The molecule has 4 N–H and O–H groups in total. The number of fused-ring (bicyclic) bond motifs is 1. The Morgan fingerprint density at radius 3 is 2.45 bits per heavy atom. The van der Waals surface area contributed by atoms with Crippen molar-refractivity contribution in [2.75, 3.05) is 19.0 Å². The zero-order chi connectivity index (χ0) is 22.2. The Balaban J connectivity index is 1.67. The molecule has 1 saturated carbocycles. The molecular formula is C24H31N3O4. The summed E-state index contributed by atoms with van der Waals surface area (Å²) >= 11 is 0. The standard InChI is InChI=1S/C24H31N3O4/c1-24(30)13-18-20(22(28)26-25-18)19(16-9-11-17(12-10-16)27(2)3)21(24)23(29)31-14-15-7-5-4-6-8-15/h4-12,18-22,25-26,28,30H,13-14H2,1-3H3. The highest BCUT2D eigenvalue weighted by Gasteiger charge is 2.58. The van der Waals surface area contributed by atoms with Crippen molar-refractivity contribution in [3.8, 4) is 0 Å². The molecule has 0 radical (unpaired) electrons. The van der Waals surface area contributed by atoms with E-state index in [0.717, 1.165) is 16.8 Å². The molecular weight excluding hydrogens is 394 g/mol. The van der Waals surface area contributed by atoms with Crippen molar-refractivity contribution in [2.45, 2.75) is 43.7 Å². The molecule has 0 bridgehead atoms. The maximum atomic E-state index is 13.3. The topological polar surface area (TPSA) is 94.1 Å². The van der Waals surface area contributed by atoms with E-state index in [2.05, 4.69) is 10.9 Å². The molecule has 6 atom stereocenters. The largest absolute Gasteiger partial charge is 0.461 e. The number of esters is 1. The van der Waals surface area contributed by atoms with E-state index in [1.54, 1.807) is 6.92 Å². The SMILES string of the molecule is CN(C)c1ccc(C2C3C(O)NNC3CC(C)(O)C2C(=O)OCc2ccccc2)cc1. The summed E-state index contributed by atoms with van der Waals surface area (Å²) in [5, 5.41) is 22.0. The van der Waals surface area contributed by atoms with Gasteiger partial charge in [0.15, 0.2) is 0 Å². The second kappa shape index (κ2) is 8.59. The van der Waals surface area contributed by atoms with Crippen molar-refractivity contribution in [1.82, 2.24) is 10.9 Å². The van der Waals surface area contributed by atoms with Crippen molar-refractivity contribution in [3.05, 3.63) is 65.7 Å². The Morgan fingerprint density at radius 2 is 1.81 bits per heavy atom. The fourth-order valence-corrected chi connectivity index (χ4v) is 5.05. The molecule has 7 heteroatoms. The van der Waals surface area contributed by atoms with Crippen LogP contribution in [0.25, 0.3) is 0 Å². The minimum Gasteiger partial charge on any atom is -0.461 e. The lowest BCUT2D eigenvalue weighted by Gasteiger charge is -2.47. The number of carbonyl (C=O) groups is 1. The molecule has 166 valence electrons. The average Bonchev–Trinajstić information content (AvgIpc) is 3.10. The van der Waals surface area contributed by atoms with Gasteiger partial charge >= 0.3 is 5.97 Å². The number of hydrogen-bond acceptors (Lipinski definition) is 7. The normalized spacial score (nSPS) is 32.4. The predicted molar refractivity (Wildman–Crippen MR) is 118 cm³/mol. The molecule has 2 aliphatic rings. The van der Waals surface area contributed by atoms with Gasteiger partial charge in [-0.15, -0.1) is 0 Å². The lowest BCUT2D eigenvalue weighted by atomic mass is 9.60. The third kappa shape index (κ3) is 4.32. The first kappa shape index (κ1) is 21.8. The average molecular weight is 426 g/mol. The van der Waals surface area contributed by atoms with E-state index >= 15 is 0 Å². The Morgan fingerprint density at radius 1 is 1.13 bits per heavy atom. The molecule has 4 rings (SSSR count). The molecule has 1 heterocycles. The van der Waals surface area contributed by atoms with E-state index < -0.39 is 29.6 Å². The third-order valence-electron chi connectivity index (χ3n) is 6.60. The maximum absolute atomic E-state index is 13.3. The minimum absolute atomic E-state index is 0.145. The molecule has 2 aromatic rings.